The van der Waals surface area contributed by atoms with Crippen molar-refractivity contribution in [1.82, 2.24) is 5.01 Å². The molecular formula is C28H25N7O16S5. The summed E-state index contributed by atoms with van der Waals surface area (Å²) in [6, 6.07) is 10.1. The largest absolute Gasteiger partial charge is 0.505 e. The fourth-order valence-corrected chi connectivity index (χ4v) is 7.52. The summed E-state index contributed by atoms with van der Waals surface area (Å²) in [7, 11) is -12.0. The third-order valence-electron chi connectivity index (χ3n) is 7.10. The molecule has 4 aromatic rings. The van der Waals surface area contributed by atoms with Crippen LogP contribution in [-0.4, -0.2) is 87.0 Å². The van der Waals surface area contributed by atoms with Gasteiger partial charge < -0.3 is 19.8 Å². The van der Waals surface area contributed by atoms with Crippen LogP contribution in [0.3, 0.4) is 0 Å². The summed E-state index contributed by atoms with van der Waals surface area (Å²) in [6.07, 6.45) is 0. The molecule has 56 heavy (non-hydrogen) atoms. The highest BCUT2D eigenvalue weighted by Gasteiger charge is 2.24. The molecule has 28 heteroatoms. The van der Waals surface area contributed by atoms with Crippen LogP contribution < -0.4 is 10.5 Å². The van der Waals surface area contributed by atoms with E-state index in [0.717, 1.165) is 23.2 Å². The average Bonchev–Trinajstić information content (AvgIpc) is 3.13. The smallest absolute Gasteiger partial charge is 0.449 e. The number of nitrogens with zero attached hydrogens (tertiary/aromatic N) is 6. The minimum atomic E-state index is -5.18. The van der Waals surface area contributed by atoms with Crippen LogP contribution >= 0.6 is 24.3 Å². The Morgan fingerprint density at radius 3 is 2.21 bits per heavy atom. The van der Waals surface area contributed by atoms with Gasteiger partial charge in [-0.05, 0) is 54.6 Å². The number of phenolic OH excluding ortho intramolecular Hbond substituents is 1. The van der Waals surface area contributed by atoms with E-state index in [1.54, 1.807) is 0 Å². The van der Waals surface area contributed by atoms with Gasteiger partial charge >= 0.3 is 16.4 Å². The van der Waals surface area contributed by atoms with Crippen molar-refractivity contribution in [3.63, 3.8) is 0 Å². The molecule has 0 spiro atoms. The second-order valence-corrected chi connectivity index (χ2v) is 16.4. The Morgan fingerprint density at radius 1 is 0.911 bits per heavy atom. The van der Waals surface area contributed by atoms with Gasteiger partial charge in [0.1, 0.15) is 38.3 Å². The van der Waals surface area contributed by atoms with E-state index in [9.17, 15) is 44.6 Å². The number of nitroso groups, excluding NO2 is 1. The molecule has 0 aliphatic carbocycles. The van der Waals surface area contributed by atoms with E-state index in [-0.39, 0.29) is 56.3 Å². The summed E-state index contributed by atoms with van der Waals surface area (Å²) in [5.74, 6) is -2.78. The first-order valence-electron chi connectivity index (χ1n) is 14.6. The lowest BCUT2D eigenvalue weighted by Crippen LogP contribution is -2.21. The molecule has 0 atom stereocenters. The van der Waals surface area contributed by atoms with Crippen molar-refractivity contribution in [2.24, 2.45) is 25.7 Å². The van der Waals surface area contributed by atoms with Crippen LogP contribution in [0.1, 0.15) is 5.56 Å². The highest BCUT2D eigenvalue weighted by molar-refractivity contribution is 7.94. The SMILES string of the molecule is COc1ccc(C(=S)C(=O)OS(=O)(=O)O)cc1N=Nc1c(SOOO)cc2c(N=Nc3ccc(S(=O)(=O)CCN(C)N=O)cc3S(=O)(=O)O)c(N)ccc2c1O. The molecule has 298 valence electrons. The molecule has 0 amide bonds. The Kier molecular flexibility index (Phi) is 13.7. The number of hydrogen-bond donors (Lipinski definition) is 5. The minimum absolute atomic E-state index is 0.0111. The predicted molar refractivity (Wildman–Crippen MR) is 198 cm³/mol. The van der Waals surface area contributed by atoms with E-state index in [0.29, 0.717) is 18.1 Å². The van der Waals surface area contributed by atoms with Crippen LogP contribution in [0, 0.1) is 4.91 Å². The molecule has 4 rings (SSSR count). The Hall–Kier alpha value is -5.30. The molecule has 0 aliphatic heterocycles. The molecule has 0 aromatic heterocycles. The molecule has 0 saturated carbocycles. The van der Waals surface area contributed by atoms with E-state index in [1.807, 2.05) is 0 Å². The summed E-state index contributed by atoms with van der Waals surface area (Å²) in [4.78, 5) is 20.4. The first-order chi connectivity index (χ1) is 26.2. The van der Waals surface area contributed by atoms with Gasteiger partial charge in [-0.25, -0.2) is 18.5 Å². The van der Waals surface area contributed by atoms with Gasteiger partial charge in [-0.2, -0.15) is 16.8 Å². The standard InChI is InChI=1S/C28H25N7O16S5/c1-35(34-38)9-10-54(40,41)15-4-7-19(23(12-15)55(42,43)44)30-32-24-17-13-22(53-51-50-39)25(26(36)16(17)5-6-18(24)29)33-31-20-11-14(3-8-21(20)48-2)27(52)28(37)49-56(45,46)47/h3-8,11-13,36,39H,9-10,29H2,1-2H3,(H,42,43,44)(H,45,46,47). The number of benzene rings is 4. The lowest BCUT2D eigenvalue weighted by Gasteiger charge is -2.12. The van der Waals surface area contributed by atoms with Gasteiger partial charge in [0.2, 0.25) is 0 Å². The van der Waals surface area contributed by atoms with Gasteiger partial charge in [0.05, 0.1) is 52.2 Å². The van der Waals surface area contributed by atoms with Crippen LogP contribution in [0.2, 0.25) is 0 Å². The number of methoxy groups -OCH3 is 1. The van der Waals surface area contributed by atoms with Crippen molar-refractivity contribution in [2.45, 2.75) is 14.7 Å². The maximum Gasteiger partial charge on any atom is 0.449 e. The van der Waals surface area contributed by atoms with Gasteiger partial charge in [-0.1, -0.05) is 17.3 Å². The van der Waals surface area contributed by atoms with Crippen molar-refractivity contribution in [1.29, 1.82) is 0 Å². The van der Waals surface area contributed by atoms with Gasteiger partial charge in [0.15, 0.2) is 15.6 Å². The number of sulfone groups is 1. The van der Waals surface area contributed by atoms with Crippen LogP contribution in [0.25, 0.3) is 10.8 Å². The number of aromatic hydroxyl groups is 1. The number of nitrogens with two attached hydrogens (primary N) is 1. The number of ether oxygens (including phenoxy) is 1. The molecular weight excluding hydrogens is 851 g/mol. The Morgan fingerprint density at radius 2 is 1.59 bits per heavy atom. The number of fused-ring (bicyclic) bond motifs is 1. The second kappa shape index (κ2) is 17.7. The van der Waals surface area contributed by atoms with Gasteiger partial charge in [0, 0.05) is 23.4 Å². The summed E-state index contributed by atoms with van der Waals surface area (Å²) < 4.78 is 105. The summed E-state index contributed by atoms with van der Waals surface area (Å²) in [5, 5.41) is 43.3. The molecule has 0 radical (unpaired) electrons. The third-order valence-corrected chi connectivity index (χ3v) is 11.1. The normalized spacial score (nSPS) is 12.3. The second-order valence-electron chi connectivity index (χ2n) is 10.7. The van der Waals surface area contributed by atoms with Crippen molar-refractivity contribution in [2.75, 3.05) is 32.2 Å². The topological polar surface area (TPSA) is 345 Å². The summed E-state index contributed by atoms with van der Waals surface area (Å²) >= 11 is 5.24. The molecule has 0 saturated heterocycles. The summed E-state index contributed by atoms with van der Waals surface area (Å²) in [5.41, 5.74) is 4.76. The van der Waals surface area contributed by atoms with E-state index in [2.05, 4.69) is 39.3 Å². The zero-order valence-electron chi connectivity index (χ0n) is 28.1. The number of thiocarbonyl (C=S) groups is 1. The van der Waals surface area contributed by atoms with Crippen LogP contribution in [0.15, 0.2) is 95.0 Å². The lowest BCUT2D eigenvalue weighted by molar-refractivity contribution is -0.432. The quantitative estimate of drug-likeness (QED) is 0.0106. The molecule has 6 N–H and O–H groups in total. The molecule has 0 fully saturated rings. The van der Waals surface area contributed by atoms with Gasteiger partial charge in [0.25, 0.3) is 10.1 Å². The van der Waals surface area contributed by atoms with Crippen molar-refractivity contribution in [3.8, 4) is 11.5 Å². The summed E-state index contributed by atoms with van der Waals surface area (Å²) in [6.45, 7) is -0.323. The minimum Gasteiger partial charge on any atom is -0.505 e. The van der Waals surface area contributed by atoms with Gasteiger partial charge in [-0.15, -0.1) is 29.7 Å². The highest BCUT2D eigenvalue weighted by Crippen LogP contribution is 2.48. The number of carbonyl (C=O) groups excluding carboxylic acids is 1. The van der Waals surface area contributed by atoms with Crippen molar-refractivity contribution in [3.05, 3.63) is 65.1 Å². The van der Waals surface area contributed by atoms with E-state index < -0.39 is 68.2 Å². The third kappa shape index (κ3) is 10.5. The van der Waals surface area contributed by atoms with E-state index in [4.69, 9.17) is 32.5 Å². The fraction of sp³-hybridized carbons (Fsp3) is 0.143. The van der Waals surface area contributed by atoms with Crippen LogP contribution in [-0.2, 0) is 48.7 Å². The first kappa shape index (κ1) is 43.4. The van der Waals surface area contributed by atoms with Crippen LogP contribution in [0.5, 0.6) is 11.5 Å². The number of rotatable bonds is 17. The number of phenols is 1. The zero-order valence-corrected chi connectivity index (χ0v) is 32.2. The molecule has 23 nitrogen and oxygen atoms in total. The average molecular weight is 876 g/mol. The molecule has 0 unspecified atom stereocenters. The number of nitrogen functional groups attached to an aromatic ring is 1. The Balaban J connectivity index is 1.82. The number of anilines is 1. The monoisotopic (exact) mass is 875 g/mol. The van der Waals surface area contributed by atoms with Crippen molar-refractivity contribution >= 4 is 105 Å². The molecule has 4 aromatic carbocycles. The zero-order chi connectivity index (χ0) is 41.6. The van der Waals surface area contributed by atoms with E-state index in [1.165, 1.54) is 44.5 Å². The Bertz CT molecular complexity index is 2620. The maximum absolute atomic E-state index is 12.8. The molecule has 0 aliphatic rings. The lowest BCUT2D eigenvalue weighted by atomic mass is 10.1. The predicted octanol–water partition coefficient (Wildman–Crippen LogP) is 5.09. The Labute approximate surface area is 325 Å². The molecule has 0 heterocycles. The molecule has 0 bridgehead atoms. The maximum atomic E-state index is 12.8. The number of hydrogen-bond acceptors (Lipinski definition) is 22. The fourth-order valence-electron chi connectivity index (χ4n) is 4.50. The van der Waals surface area contributed by atoms with E-state index >= 15 is 0 Å². The first-order valence-corrected chi connectivity index (χ1v) is 20.2. The number of azo groups is 2. The van der Waals surface area contributed by atoms with Crippen molar-refractivity contribution < 1.29 is 67.8 Å². The van der Waals surface area contributed by atoms with Crippen LogP contribution in [0.4, 0.5) is 28.4 Å². The highest BCUT2D eigenvalue weighted by atomic mass is 32.3. The number of carbonyl (C=O) groups is 1. The van der Waals surface area contributed by atoms with Gasteiger partial charge in [-0.3, -0.25) is 14.1 Å².